The van der Waals surface area contributed by atoms with Crippen LogP contribution in [0, 0.1) is 0 Å². The molecule has 0 spiro atoms. The summed E-state index contributed by atoms with van der Waals surface area (Å²) in [6.45, 7) is 4.05. The maximum Gasteiger partial charge on any atom is 0.0765 e. The van der Waals surface area contributed by atoms with Crippen molar-refractivity contribution in [2.75, 3.05) is 7.05 Å². The summed E-state index contributed by atoms with van der Waals surface area (Å²) in [6.07, 6.45) is 5.48. The van der Waals surface area contributed by atoms with Crippen molar-refractivity contribution in [1.82, 2.24) is 15.1 Å². The van der Waals surface area contributed by atoms with Gasteiger partial charge < -0.3 is 5.32 Å². The van der Waals surface area contributed by atoms with E-state index in [0.717, 1.165) is 19.0 Å². The number of hydrogen-bond donors (Lipinski definition) is 1. The molecule has 0 aromatic carbocycles. The Hall–Kier alpha value is -0.830. The summed E-state index contributed by atoms with van der Waals surface area (Å²) in [5, 5.41) is 7.78. The van der Waals surface area contributed by atoms with Crippen molar-refractivity contribution in [1.29, 1.82) is 0 Å². The van der Waals surface area contributed by atoms with Crippen molar-refractivity contribution >= 4 is 0 Å². The highest BCUT2D eigenvalue weighted by molar-refractivity contribution is 5.16. The van der Waals surface area contributed by atoms with Crippen LogP contribution < -0.4 is 5.32 Å². The molecular formula is C12H21N3. The molecule has 1 aromatic heterocycles. The Bertz CT molecular complexity index is 311. The third kappa shape index (κ3) is 2.23. The largest absolute Gasteiger partial charge is 0.314 e. The molecule has 1 N–H and O–H groups in total. The van der Waals surface area contributed by atoms with Crippen molar-refractivity contribution in [3.63, 3.8) is 0 Å². The maximum atomic E-state index is 4.62. The van der Waals surface area contributed by atoms with Gasteiger partial charge in [-0.3, -0.25) is 4.68 Å². The van der Waals surface area contributed by atoms with Gasteiger partial charge in [0.05, 0.1) is 5.69 Å². The van der Waals surface area contributed by atoms with E-state index in [-0.39, 0.29) is 0 Å². The molecule has 1 aliphatic rings. The van der Waals surface area contributed by atoms with Gasteiger partial charge in [-0.25, -0.2) is 0 Å². The molecule has 0 aliphatic heterocycles. The average molecular weight is 207 g/mol. The SMILES string of the molecule is CCn1nc(CNC)cc1C1CCCC1. The monoisotopic (exact) mass is 207 g/mol. The lowest BCUT2D eigenvalue weighted by Crippen LogP contribution is -2.07. The minimum Gasteiger partial charge on any atom is -0.314 e. The molecule has 0 bridgehead atoms. The topological polar surface area (TPSA) is 29.9 Å². The van der Waals surface area contributed by atoms with Crippen molar-refractivity contribution < 1.29 is 0 Å². The highest BCUT2D eigenvalue weighted by Crippen LogP contribution is 2.34. The molecule has 84 valence electrons. The fraction of sp³-hybridized carbons (Fsp3) is 0.750. The van der Waals surface area contributed by atoms with E-state index >= 15 is 0 Å². The summed E-state index contributed by atoms with van der Waals surface area (Å²) >= 11 is 0. The van der Waals surface area contributed by atoms with Crippen LogP contribution >= 0.6 is 0 Å². The molecule has 0 radical (unpaired) electrons. The second-order valence-corrected chi connectivity index (χ2v) is 4.39. The molecule has 3 nitrogen and oxygen atoms in total. The van der Waals surface area contributed by atoms with Gasteiger partial charge in [0.1, 0.15) is 0 Å². The Labute approximate surface area is 91.9 Å². The molecule has 2 rings (SSSR count). The summed E-state index contributed by atoms with van der Waals surface area (Å²) in [7, 11) is 1.97. The molecule has 0 unspecified atom stereocenters. The predicted molar refractivity (Wildman–Crippen MR) is 61.9 cm³/mol. The minimum atomic E-state index is 0.767. The van der Waals surface area contributed by atoms with Gasteiger partial charge >= 0.3 is 0 Å². The Balaban J connectivity index is 2.19. The van der Waals surface area contributed by atoms with Crippen LogP contribution in [0.4, 0.5) is 0 Å². The molecule has 1 aromatic rings. The van der Waals surface area contributed by atoms with Gasteiger partial charge in [0.15, 0.2) is 0 Å². The highest BCUT2D eigenvalue weighted by Gasteiger charge is 2.21. The van der Waals surface area contributed by atoms with Gasteiger partial charge in [-0.15, -0.1) is 0 Å². The zero-order valence-corrected chi connectivity index (χ0v) is 9.79. The summed E-state index contributed by atoms with van der Waals surface area (Å²) in [5.41, 5.74) is 2.64. The quantitative estimate of drug-likeness (QED) is 0.821. The van der Waals surface area contributed by atoms with Gasteiger partial charge in [-0.05, 0) is 32.9 Å². The van der Waals surface area contributed by atoms with Gasteiger partial charge in [0, 0.05) is 24.7 Å². The third-order valence-corrected chi connectivity index (χ3v) is 3.29. The fourth-order valence-electron chi connectivity index (χ4n) is 2.56. The van der Waals surface area contributed by atoms with Crippen molar-refractivity contribution in [3.8, 4) is 0 Å². The van der Waals surface area contributed by atoms with Crippen molar-refractivity contribution in [3.05, 3.63) is 17.5 Å². The molecule has 1 saturated carbocycles. The lowest BCUT2D eigenvalue weighted by atomic mass is 10.0. The van der Waals surface area contributed by atoms with E-state index in [1.54, 1.807) is 0 Å². The lowest BCUT2D eigenvalue weighted by molar-refractivity contribution is 0.562. The summed E-state index contributed by atoms with van der Waals surface area (Å²) in [6, 6.07) is 2.29. The summed E-state index contributed by atoms with van der Waals surface area (Å²) < 4.78 is 2.18. The Kier molecular flexibility index (Phi) is 3.41. The predicted octanol–water partition coefficient (Wildman–Crippen LogP) is 2.28. The fourth-order valence-corrected chi connectivity index (χ4v) is 2.56. The third-order valence-electron chi connectivity index (χ3n) is 3.29. The van der Waals surface area contributed by atoms with Crippen LogP contribution in [-0.4, -0.2) is 16.8 Å². The number of rotatable bonds is 4. The van der Waals surface area contributed by atoms with E-state index in [0.29, 0.717) is 0 Å². The van der Waals surface area contributed by atoms with E-state index in [9.17, 15) is 0 Å². The molecule has 3 heteroatoms. The molecule has 15 heavy (non-hydrogen) atoms. The van der Waals surface area contributed by atoms with Crippen LogP contribution in [0.3, 0.4) is 0 Å². The number of nitrogens with zero attached hydrogens (tertiary/aromatic N) is 2. The minimum absolute atomic E-state index is 0.767. The Morgan fingerprint density at radius 1 is 1.47 bits per heavy atom. The van der Waals surface area contributed by atoms with Gasteiger partial charge in [-0.2, -0.15) is 5.10 Å². The van der Waals surface area contributed by atoms with Crippen LogP contribution in [0.25, 0.3) is 0 Å². The average Bonchev–Trinajstić information content (AvgIpc) is 2.84. The lowest BCUT2D eigenvalue weighted by Gasteiger charge is -2.10. The van der Waals surface area contributed by atoms with Gasteiger partial charge in [0.25, 0.3) is 0 Å². The summed E-state index contributed by atoms with van der Waals surface area (Å²) in [4.78, 5) is 0. The Morgan fingerprint density at radius 3 is 2.80 bits per heavy atom. The number of aromatic nitrogens is 2. The van der Waals surface area contributed by atoms with Crippen molar-refractivity contribution in [2.24, 2.45) is 0 Å². The first kappa shape index (κ1) is 10.7. The van der Waals surface area contributed by atoms with Crippen LogP contribution in [-0.2, 0) is 13.1 Å². The van der Waals surface area contributed by atoms with Crippen LogP contribution in [0.5, 0.6) is 0 Å². The molecule has 0 saturated heterocycles. The molecule has 1 aliphatic carbocycles. The highest BCUT2D eigenvalue weighted by atomic mass is 15.3. The zero-order chi connectivity index (χ0) is 10.7. The standard InChI is InChI=1S/C12H21N3/c1-3-15-12(10-6-4-5-7-10)8-11(14-15)9-13-2/h8,10,13H,3-7,9H2,1-2H3. The Morgan fingerprint density at radius 2 is 2.20 bits per heavy atom. The zero-order valence-electron chi connectivity index (χ0n) is 9.79. The van der Waals surface area contributed by atoms with Crippen molar-refractivity contribution in [2.45, 2.75) is 51.6 Å². The normalized spacial score (nSPS) is 17.5. The molecule has 0 amide bonds. The number of nitrogens with one attached hydrogen (secondary N) is 1. The van der Waals surface area contributed by atoms with E-state index < -0.39 is 0 Å². The van der Waals surface area contributed by atoms with Crippen LogP contribution in [0.15, 0.2) is 6.07 Å². The number of hydrogen-bond acceptors (Lipinski definition) is 2. The van der Waals surface area contributed by atoms with E-state index in [4.69, 9.17) is 0 Å². The van der Waals surface area contributed by atoms with E-state index in [2.05, 4.69) is 28.1 Å². The maximum absolute atomic E-state index is 4.62. The van der Waals surface area contributed by atoms with Crippen LogP contribution in [0.1, 0.15) is 49.9 Å². The van der Waals surface area contributed by atoms with E-state index in [1.807, 2.05) is 7.05 Å². The molecule has 0 atom stereocenters. The van der Waals surface area contributed by atoms with Gasteiger partial charge in [0.2, 0.25) is 0 Å². The molecule has 1 fully saturated rings. The second kappa shape index (κ2) is 4.79. The first-order valence-corrected chi connectivity index (χ1v) is 6.06. The first-order valence-electron chi connectivity index (χ1n) is 6.06. The van der Waals surface area contributed by atoms with Crippen LogP contribution in [0.2, 0.25) is 0 Å². The summed E-state index contributed by atoms with van der Waals surface area (Å²) in [5.74, 6) is 0.767. The second-order valence-electron chi connectivity index (χ2n) is 4.39. The smallest absolute Gasteiger partial charge is 0.0765 e. The number of aryl methyl sites for hydroxylation is 1. The molecule has 1 heterocycles. The van der Waals surface area contributed by atoms with Gasteiger partial charge in [-0.1, -0.05) is 12.8 Å². The van der Waals surface area contributed by atoms with E-state index in [1.165, 1.54) is 37.1 Å². The first-order chi connectivity index (χ1) is 7.35. The molecular weight excluding hydrogens is 186 g/mol.